The van der Waals surface area contributed by atoms with Crippen molar-refractivity contribution in [1.29, 1.82) is 0 Å². The highest BCUT2D eigenvalue weighted by Gasteiger charge is 2.32. The number of benzene rings is 1. The van der Waals surface area contributed by atoms with Gasteiger partial charge in [-0.25, -0.2) is 0 Å². The van der Waals surface area contributed by atoms with Crippen LogP contribution in [0.3, 0.4) is 0 Å². The van der Waals surface area contributed by atoms with Crippen LogP contribution in [0.4, 0.5) is 0 Å². The Morgan fingerprint density at radius 1 is 1.24 bits per heavy atom. The predicted molar refractivity (Wildman–Crippen MR) is 69.3 cm³/mol. The molecule has 1 aliphatic carbocycles. The van der Waals surface area contributed by atoms with E-state index in [4.69, 9.17) is 4.74 Å². The molecule has 1 aromatic carbocycles. The van der Waals surface area contributed by atoms with E-state index < -0.39 is 0 Å². The van der Waals surface area contributed by atoms with Crippen LogP contribution in [0.1, 0.15) is 36.3 Å². The van der Waals surface area contributed by atoms with E-state index in [1.54, 1.807) is 0 Å². The van der Waals surface area contributed by atoms with Crippen molar-refractivity contribution in [2.24, 2.45) is 0 Å². The molecule has 92 valence electrons. The van der Waals surface area contributed by atoms with Gasteiger partial charge in [0.15, 0.2) is 0 Å². The maximum Gasteiger partial charge on any atom is 0.0620 e. The molecule has 1 saturated carbocycles. The van der Waals surface area contributed by atoms with E-state index >= 15 is 0 Å². The molecule has 2 heteroatoms. The highest BCUT2D eigenvalue weighted by molar-refractivity contribution is 5.27. The third-order valence-electron chi connectivity index (χ3n) is 4.05. The van der Waals surface area contributed by atoms with Crippen molar-refractivity contribution in [3.8, 4) is 0 Å². The summed E-state index contributed by atoms with van der Waals surface area (Å²) in [5, 5.41) is 3.70. The van der Waals surface area contributed by atoms with Crippen molar-refractivity contribution in [1.82, 2.24) is 5.32 Å². The van der Waals surface area contributed by atoms with Gasteiger partial charge in [-0.05, 0) is 37.7 Å². The largest absolute Gasteiger partial charge is 0.380 e. The summed E-state index contributed by atoms with van der Waals surface area (Å²) >= 11 is 0. The Bertz CT molecular complexity index is 378. The van der Waals surface area contributed by atoms with Gasteiger partial charge >= 0.3 is 0 Å². The molecule has 2 fully saturated rings. The van der Waals surface area contributed by atoms with Crippen LogP contribution < -0.4 is 5.32 Å². The average Bonchev–Trinajstić information content (AvgIpc) is 2.75. The second-order valence-electron chi connectivity index (χ2n) is 5.51. The first-order valence-electron chi connectivity index (χ1n) is 6.71. The van der Waals surface area contributed by atoms with Gasteiger partial charge < -0.3 is 10.1 Å². The molecular weight excluding hydrogens is 210 g/mol. The summed E-state index contributed by atoms with van der Waals surface area (Å²) in [4.78, 5) is 0. The SMILES string of the molecule is Cc1cccc(C2CC(NC3CCOC3)C2)c1. The van der Waals surface area contributed by atoms with Crippen LogP contribution in [0.25, 0.3) is 0 Å². The van der Waals surface area contributed by atoms with Crippen LogP contribution in [-0.4, -0.2) is 25.3 Å². The molecule has 0 spiro atoms. The highest BCUT2D eigenvalue weighted by atomic mass is 16.5. The molecule has 1 aromatic rings. The molecule has 0 radical (unpaired) electrons. The maximum absolute atomic E-state index is 5.39. The number of ether oxygens (including phenoxy) is 1. The second-order valence-corrected chi connectivity index (χ2v) is 5.51. The van der Waals surface area contributed by atoms with Crippen LogP contribution in [0, 0.1) is 6.92 Å². The van der Waals surface area contributed by atoms with Gasteiger partial charge in [0.1, 0.15) is 0 Å². The molecular formula is C15H21NO. The van der Waals surface area contributed by atoms with Crippen molar-refractivity contribution in [2.75, 3.05) is 13.2 Å². The first-order chi connectivity index (χ1) is 8.31. The molecule has 2 aliphatic rings. The van der Waals surface area contributed by atoms with Crippen LogP contribution >= 0.6 is 0 Å². The molecule has 3 rings (SSSR count). The molecule has 17 heavy (non-hydrogen) atoms. The monoisotopic (exact) mass is 231 g/mol. The Hall–Kier alpha value is -0.860. The minimum absolute atomic E-state index is 0.610. The summed E-state index contributed by atoms with van der Waals surface area (Å²) in [5.41, 5.74) is 2.90. The molecule has 0 bridgehead atoms. The number of hydrogen-bond donors (Lipinski definition) is 1. The number of rotatable bonds is 3. The van der Waals surface area contributed by atoms with Crippen LogP contribution in [-0.2, 0) is 4.74 Å². The molecule has 2 nitrogen and oxygen atoms in total. The van der Waals surface area contributed by atoms with Crippen molar-refractivity contribution in [2.45, 2.75) is 44.2 Å². The number of hydrogen-bond acceptors (Lipinski definition) is 2. The quantitative estimate of drug-likeness (QED) is 0.863. The van der Waals surface area contributed by atoms with E-state index in [1.807, 2.05) is 0 Å². The van der Waals surface area contributed by atoms with Gasteiger partial charge in [0, 0.05) is 18.7 Å². The van der Waals surface area contributed by atoms with Crippen molar-refractivity contribution in [3.05, 3.63) is 35.4 Å². The summed E-state index contributed by atoms with van der Waals surface area (Å²) in [6.45, 7) is 4.02. The van der Waals surface area contributed by atoms with Gasteiger partial charge in [-0.2, -0.15) is 0 Å². The van der Waals surface area contributed by atoms with E-state index in [2.05, 4.69) is 36.5 Å². The molecule has 1 heterocycles. The van der Waals surface area contributed by atoms with Gasteiger partial charge in [0.2, 0.25) is 0 Å². The van der Waals surface area contributed by atoms with Gasteiger partial charge in [0.25, 0.3) is 0 Å². The van der Waals surface area contributed by atoms with E-state index in [9.17, 15) is 0 Å². The zero-order valence-electron chi connectivity index (χ0n) is 10.5. The molecule has 1 aliphatic heterocycles. The molecule has 1 unspecified atom stereocenters. The summed E-state index contributed by atoms with van der Waals surface area (Å²) in [7, 11) is 0. The number of aryl methyl sites for hydroxylation is 1. The highest BCUT2D eigenvalue weighted by Crippen LogP contribution is 2.37. The molecule has 1 atom stereocenters. The van der Waals surface area contributed by atoms with Crippen LogP contribution in [0.15, 0.2) is 24.3 Å². The minimum Gasteiger partial charge on any atom is -0.380 e. The lowest BCUT2D eigenvalue weighted by Gasteiger charge is -2.38. The summed E-state index contributed by atoms with van der Waals surface area (Å²) < 4.78 is 5.39. The number of nitrogens with one attached hydrogen (secondary N) is 1. The minimum atomic E-state index is 0.610. The summed E-state index contributed by atoms with van der Waals surface area (Å²) in [6.07, 6.45) is 3.77. The van der Waals surface area contributed by atoms with E-state index in [-0.39, 0.29) is 0 Å². The van der Waals surface area contributed by atoms with Gasteiger partial charge in [-0.15, -0.1) is 0 Å². The summed E-state index contributed by atoms with van der Waals surface area (Å²) in [5.74, 6) is 0.773. The molecule has 0 aromatic heterocycles. The van der Waals surface area contributed by atoms with Crippen LogP contribution in [0.2, 0.25) is 0 Å². The van der Waals surface area contributed by atoms with Crippen molar-refractivity contribution < 1.29 is 4.74 Å². The third kappa shape index (κ3) is 2.53. The fourth-order valence-corrected chi connectivity index (χ4v) is 2.95. The van der Waals surface area contributed by atoms with Crippen molar-refractivity contribution in [3.63, 3.8) is 0 Å². The standard InChI is InChI=1S/C15H21NO/c1-11-3-2-4-12(7-11)13-8-15(9-13)16-14-5-6-17-10-14/h2-4,7,13-16H,5-6,8-10H2,1H3. The first-order valence-corrected chi connectivity index (χ1v) is 6.71. The Labute approximate surface area is 103 Å². The van der Waals surface area contributed by atoms with E-state index in [0.717, 1.165) is 19.1 Å². The lowest BCUT2D eigenvalue weighted by molar-refractivity contribution is 0.180. The lowest BCUT2D eigenvalue weighted by atomic mass is 9.75. The third-order valence-corrected chi connectivity index (χ3v) is 4.05. The fourth-order valence-electron chi connectivity index (χ4n) is 2.95. The Morgan fingerprint density at radius 3 is 2.82 bits per heavy atom. The van der Waals surface area contributed by atoms with Gasteiger partial charge in [0.05, 0.1) is 6.61 Å². The van der Waals surface area contributed by atoms with Crippen molar-refractivity contribution >= 4 is 0 Å². The van der Waals surface area contributed by atoms with E-state index in [0.29, 0.717) is 12.1 Å². The maximum atomic E-state index is 5.39. The van der Waals surface area contributed by atoms with Gasteiger partial charge in [-0.3, -0.25) is 0 Å². The molecule has 0 amide bonds. The smallest absolute Gasteiger partial charge is 0.0620 e. The Morgan fingerprint density at radius 2 is 2.12 bits per heavy atom. The Balaban J connectivity index is 1.50. The average molecular weight is 231 g/mol. The van der Waals surface area contributed by atoms with E-state index in [1.165, 1.54) is 30.4 Å². The predicted octanol–water partition coefficient (Wildman–Crippen LogP) is 2.62. The van der Waals surface area contributed by atoms with Crippen LogP contribution in [0.5, 0.6) is 0 Å². The molecule has 1 saturated heterocycles. The topological polar surface area (TPSA) is 21.3 Å². The second kappa shape index (κ2) is 4.79. The fraction of sp³-hybridized carbons (Fsp3) is 0.600. The lowest BCUT2D eigenvalue weighted by Crippen LogP contribution is -2.45. The summed E-state index contributed by atoms with van der Waals surface area (Å²) in [6, 6.07) is 10.3. The molecule has 1 N–H and O–H groups in total. The Kier molecular flexibility index (Phi) is 3.17. The zero-order chi connectivity index (χ0) is 11.7. The zero-order valence-corrected chi connectivity index (χ0v) is 10.5. The van der Waals surface area contributed by atoms with Gasteiger partial charge in [-0.1, -0.05) is 29.8 Å². The first kappa shape index (κ1) is 11.2. The normalized spacial score (nSPS) is 32.4.